The average molecular weight is 721 g/mol. The Morgan fingerprint density at radius 1 is 0.509 bits per heavy atom. The SMILES string of the molecule is C1=CC2c3ccc4ccccc4c3N(c3ccccc3)C2C=C1c1cccc(N(c2ccc3sc4ccccc4c3c2)c2ccccc2-c2ccccc2)c1. The van der Waals surface area contributed by atoms with E-state index in [2.05, 4.69) is 216 Å². The summed E-state index contributed by atoms with van der Waals surface area (Å²) in [7, 11) is 0. The van der Waals surface area contributed by atoms with Gasteiger partial charge in [-0.2, -0.15) is 0 Å². The van der Waals surface area contributed by atoms with E-state index in [1.54, 1.807) is 0 Å². The first-order chi connectivity index (χ1) is 27.3. The van der Waals surface area contributed by atoms with Crippen LogP contribution in [0, 0.1) is 0 Å². The molecule has 3 heteroatoms. The molecular weight excluding hydrogens is 685 g/mol. The summed E-state index contributed by atoms with van der Waals surface area (Å²) < 4.78 is 2.61. The third-order valence-corrected chi connectivity index (χ3v) is 12.5. The Morgan fingerprint density at radius 3 is 2.11 bits per heavy atom. The number of fused-ring (bicyclic) bond motifs is 8. The molecule has 2 heterocycles. The van der Waals surface area contributed by atoms with Crippen molar-refractivity contribution < 1.29 is 0 Å². The van der Waals surface area contributed by atoms with Gasteiger partial charge in [-0.25, -0.2) is 0 Å². The number of hydrogen-bond donors (Lipinski definition) is 0. The van der Waals surface area contributed by atoms with Crippen LogP contribution in [0.1, 0.15) is 17.0 Å². The number of para-hydroxylation sites is 2. The predicted molar refractivity (Wildman–Crippen MR) is 236 cm³/mol. The molecule has 0 fully saturated rings. The van der Waals surface area contributed by atoms with Gasteiger partial charge in [0, 0.05) is 54.1 Å². The van der Waals surface area contributed by atoms with Crippen LogP contribution in [-0.2, 0) is 0 Å². The molecule has 1 aromatic heterocycles. The van der Waals surface area contributed by atoms with Gasteiger partial charge in [-0.05, 0) is 82.2 Å². The van der Waals surface area contributed by atoms with Crippen molar-refractivity contribution in [3.05, 3.63) is 217 Å². The quantitative estimate of drug-likeness (QED) is 0.169. The zero-order chi connectivity index (χ0) is 36.3. The lowest BCUT2D eigenvalue weighted by atomic mass is 9.86. The second-order valence-electron chi connectivity index (χ2n) is 14.5. The lowest BCUT2D eigenvalue weighted by Gasteiger charge is -2.31. The molecule has 260 valence electrons. The second-order valence-corrected chi connectivity index (χ2v) is 15.6. The molecule has 1 aliphatic carbocycles. The van der Waals surface area contributed by atoms with E-state index >= 15 is 0 Å². The molecule has 0 spiro atoms. The van der Waals surface area contributed by atoms with Gasteiger partial charge in [0.25, 0.3) is 0 Å². The monoisotopic (exact) mass is 720 g/mol. The molecule has 0 N–H and O–H groups in total. The van der Waals surface area contributed by atoms with E-state index in [0.29, 0.717) is 0 Å². The molecule has 8 aromatic carbocycles. The van der Waals surface area contributed by atoms with Crippen LogP contribution < -0.4 is 9.80 Å². The minimum atomic E-state index is 0.149. The van der Waals surface area contributed by atoms with E-state index in [9.17, 15) is 0 Å². The molecule has 11 rings (SSSR count). The van der Waals surface area contributed by atoms with E-state index in [1.807, 2.05) is 11.3 Å². The minimum Gasteiger partial charge on any atom is -0.333 e. The van der Waals surface area contributed by atoms with Crippen LogP contribution in [0.4, 0.5) is 28.4 Å². The third kappa shape index (κ3) is 5.31. The van der Waals surface area contributed by atoms with Crippen molar-refractivity contribution in [1.82, 2.24) is 0 Å². The number of allylic oxidation sites excluding steroid dienone is 2. The van der Waals surface area contributed by atoms with Gasteiger partial charge in [-0.15, -0.1) is 11.3 Å². The topological polar surface area (TPSA) is 6.48 Å². The molecule has 0 bridgehead atoms. The third-order valence-electron chi connectivity index (χ3n) is 11.4. The van der Waals surface area contributed by atoms with Crippen molar-refractivity contribution in [2.45, 2.75) is 12.0 Å². The first-order valence-corrected chi connectivity index (χ1v) is 19.8. The fourth-order valence-electron chi connectivity index (χ4n) is 8.86. The zero-order valence-electron chi connectivity index (χ0n) is 30.1. The van der Waals surface area contributed by atoms with Gasteiger partial charge in [0.15, 0.2) is 0 Å². The summed E-state index contributed by atoms with van der Waals surface area (Å²) in [6.07, 6.45) is 7.28. The number of hydrogen-bond acceptors (Lipinski definition) is 3. The maximum absolute atomic E-state index is 2.57. The molecule has 0 saturated carbocycles. The molecular formula is C52H36N2S. The molecule has 2 unspecified atom stereocenters. The highest BCUT2D eigenvalue weighted by Gasteiger charge is 2.39. The van der Waals surface area contributed by atoms with Gasteiger partial charge < -0.3 is 9.80 Å². The van der Waals surface area contributed by atoms with Crippen molar-refractivity contribution >= 4 is 76.3 Å². The zero-order valence-corrected chi connectivity index (χ0v) is 30.9. The van der Waals surface area contributed by atoms with Crippen LogP contribution >= 0.6 is 11.3 Å². The van der Waals surface area contributed by atoms with E-state index in [0.717, 1.165) is 17.1 Å². The summed E-state index contributed by atoms with van der Waals surface area (Å²) >= 11 is 1.86. The minimum absolute atomic E-state index is 0.149. The van der Waals surface area contributed by atoms with E-state index in [4.69, 9.17) is 0 Å². The molecule has 55 heavy (non-hydrogen) atoms. The van der Waals surface area contributed by atoms with Crippen LogP contribution in [0.5, 0.6) is 0 Å². The Kier molecular flexibility index (Phi) is 7.53. The van der Waals surface area contributed by atoms with Crippen molar-refractivity contribution in [3.63, 3.8) is 0 Å². The lowest BCUT2D eigenvalue weighted by molar-refractivity contribution is 0.747. The summed E-state index contributed by atoms with van der Waals surface area (Å²) in [6.45, 7) is 0. The standard InChI is InChI=1S/C52H36N2S/c1-3-14-35(15-4-1)42-21-9-11-24-48(42)53(41-28-31-51-47(34-41)45-23-10-12-25-50(45)55-51)40-20-13-17-37(32-40)38-27-29-44-46-30-26-36-16-7-8-22-43(36)52(46)54(49(44)33-38)39-18-5-2-6-19-39/h1-34,44,49H. The molecule has 0 saturated heterocycles. The molecule has 9 aromatic rings. The Labute approximate surface area is 325 Å². The highest BCUT2D eigenvalue weighted by molar-refractivity contribution is 7.25. The largest absolute Gasteiger partial charge is 0.333 e. The fourth-order valence-corrected chi connectivity index (χ4v) is 9.95. The highest BCUT2D eigenvalue weighted by Crippen LogP contribution is 2.52. The molecule has 0 radical (unpaired) electrons. The van der Waals surface area contributed by atoms with Gasteiger partial charge in [-0.3, -0.25) is 0 Å². The average Bonchev–Trinajstić information content (AvgIpc) is 3.80. The maximum Gasteiger partial charge on any atom is 0.0635 e. The predicted octanol–water partition coefficient (Wildman–Crippen LogP) is 14.6. The number of nitrogens with zero attached hydrogens (tertiary/aromatic N) is 2. The van der Waals surface area contributed by atoms with Crippen LogP contribution in [0.2, 0.25) is 0 Å². The Bertz CT molecular complexity index is 2960. The van der Waals surface area contributed by atoms with Crippen molar-refractivity contribution in [2.75, 3.05) is 9.80 Å². The van der Waals surface area contributed by atoms with Gasteiger partial charge in [0.2, 0.25) is 0 Å². The normalized spacial score (nSPS) is 16.0. The lowest BCUT2D eigenvalue weighted by Crippen LogP contribution is -2.29. The van der Waals surface area contributed by atoms with Gasteiger partial charge in [0.05, 0.1) is 17.4 Å². The summed E-state index contributed by atoms with van der Waals surface area (Å²) in [5.74, 6) is 0.258. The van der Waals surface area contributed by atoms with E-state index in [1.165, 1.54) is 70.1 Å². The highest BCUT2D eigenvalue weighted by atomic mass is 32.1. The van der Waals surface area contributed by atoms with Gasteiger partial charge in [0.1, 0.15) is 0 Å². The van der Waals surface area contributed by atoms with Crippen LogP contribution in [-0.4, -0.2) is 6.04 Å². The van der Waals surface area contributed by atoms with E-state index < -0.39 is 0 Å². The molecule has 0 amide bonds. The smallest absolute Gasteiger partial charge is 0.0635 e. The summed E-state index contributed by atoms with van der Waals surface area (Å²) in [6, 6.07) is 68.9. The van der Waals surface area contributed by atoms with Crippen molar-refractivity contribution in [2.24, 2.45) is 0 Å². The Balaban J connectivity index is 1.07. The van der Waals surface area contributed by atoms with Crippen LogP contribution in [0.25, 0.3) is 47.6 Å². The van der Waals surface area contributed by atoms with Crippen molar-refractivity contribution in [1.29, 1.82) is 0 Å². The number of rotatable bonds is 6. The van der Waals surface area contributed by atoms with Gasteiger partial charge >= 0.3 is 0 Å². The molecule has 2 aliphatic rings. The summed E-state index contributed by atoms with van der Waals surface area (Å²) in [5, 5.41) is 5.16. The number of thiophene rings is 1. The van der Waals surface area contributed by atoms with E-state index in [-0.39, 0.29) is 12.0 Å². The van der Waals surface area contributed by atoms with Crippen LogP contribution in [0.3, 0.4) is 0 Å². The number of benzene rings is 8. The fraction of sp³-hybridized carbons (Fsp3) is 0.0385. The molecule has 1 aliphatic heterocycles. The van der Waals surface area contributed by atoms with Crippen molar-refractivity contribution in [3.8, 4) is 11.1 Å². The second kappa shape index (κ2) is 13.0. The Morgan fingerprint density at radius 2 is 1.22 bits per heavy atom. The first-order valence-electron chi connectivity index (χ1n) is 19.0. The Hall–Kier alpha value is -6.68. The number of anilines is 5. The summed E-state index contributed by atoms with van der Waals surface area (Å²) in [5.41, 5.74) is 12.1. The van der Waals surface area contributed by atoms with Crippen LogP contribution in [0.15, 0.2) is 206 Å². The maximum atomic E-state index is 2.57. The molecule has 2 atom stereocenters. The first kappa shape index (κ1) is 31.8. The van der Waals surface area contributed by atoms with Gasteiger partial charge in [-0.1, -0.05) is 152 Å². The summed E-state index contributed by atoms with van der Waals surface area (Å²) in [4.78, 5) is 5.01. The molecule has 2 nitrogen and oxygen atoms in total.